The molecule has 0 bridgehead atoms. The lowest BCUT2D eigenvalue weighted by atomic mass is 10.0. The van der Waals surface area contributed by atoms with Crippen LogP contribution >= 0.6 is 0 Å². The number of rotatable bonds is 5. The Morgan fingerprint density at radius 1 is 1.32 bits per heavy atom. The van der Waals surface area contributed by atoms with Gasteiger partial charge >= 0.3 is 0 Å². The lowest BCUT2D eigenvalue weighted by Crippen LogP contribution is -2.35. The van der Waals surface area contributed by atoms with Gasteiger partial charge < -0.3 is 9.80 Å². The number of anilines is 1. The predicted octanol–water partition coefficient (Wildman–Crippen LogP) is 2.21. The number of piperidine rings is 1. The predicted molar refractivity (Wildman–Crippen MR) is 79.5 cm³/mol. The Kier molecular flexibility index (Phi) is 5.14. The topological polar surface area (TPSA) is 32.3 Å². The lowest BCUT2D eigenvalue weighted by Gasteiger charge is -2.30. The Bertz CT molecular complexity index is 374. The van der Waals surface area contributed by atoms with Gasteiger partial charge in [-0.05, 0) is 57.8 Å². The van der Waals surface area contributed by atoms with Crippen LogP contribution in [-0.4, -0.2) is 48.6 Å². The molecule has 2 rings (SSSR count). The molecule has 0 aliphatic carbocycles. The summed E-state index contributed by atoms with van der Waals surface area (Å²) in [5.41, 5.74) is 1.25. The minimum atomic E-state index is 0.761. The van der Waals surface area contributed by atoms with Crippen molar-refractivity contribution >= 4 is 5.95 Å². The van der Waals surface area contributed by atoms with E-state index in [0.29, 0.717) is 0 Å². The van der Waals surface area contributed by atoms with Gasteiger partial charge in [0.05, 0.1) is 0 Å². The van der Waals surface area contributed by atoms with Crippen molar-refractivity contribution < 1.29 is 0 Å². The molecule has 2 heterocycles. The monoisotopic (exact) mass is 262 g/mol. The van der Waals surface area contributed by atoms with Crippen LogP contribution in [0.5, 0.6) is 0 Å². The molecule has 0 saturated carbocycles. The Morgan fingerprint density at radius 3 is 2.68 bits per heavy atom. The third kappa shape index (κ3) is 4.46. The molecule has 1 aromatic rings. The molecule has 0 amide bonds. The molecule has 1 fully saturated rings. The van der Waals surface area contributed by atoms with Gasteiger partial charge in [-0.1, -0.05) is 6.92 Å². The van der Waals surface area contributed by atoms with E-state index in [0.717, 1.165) is 44.3 Å². The Hall–Kier alpha value is -1.16. The summed E-state index contributed by atoms with van der Waals surface area (Å²) in [5, 5.41) is 0. The van der Waals surface area contributed by atoms with E-state index in [1.165, 1.54) is 18.4 Å². The van der Waals surface area contributed by atoms with Gasteiger partial charge in [0.2, 0.25) is 5.95 Å². The molecule has 0 radical (unpaired) electrons. The van der Waals surface area contributed by atoms with Crippen LogP contribution in [0.2, 0.25) is 0 Å². The first kappa shape index (κ1) is 14.3. The lowest BCUT2D eigenvalue weighted by molar-refractivity contribution is 0.400. The summed E-state index contributed by atoms with van der Waals surface area (Å²) in [7, 11) is 4.22. The molecule has 1 aromatic heterocycles. The molecule has 1 atom stereocenters. The van der Waals surface area contributed by atoms with Crippen LogP contribution in [0, 0.1) is 5.92 Å². The van der Waals surface area contributed by atoms with E-state index in [9.17, 15) is 0 Å². The third-order valence-electron chi connectivity index (χ3n) is 3.70. The zero-order valence-electron chi connectivity index (χ0n) is 12.5. The first-order valence-electron chi connectivity index (χ1n) is 7.36. The Morgan fingerprint density at radius 2 is 2.05 bits per heavy atom. The summed E-state index contributed by atoms with van der Waals surface area (Å²) < 4.78 is 0. The van der Waals surface area contributed by atoms with Gasteiger partial charge in [0.25, 0.3) is 0 Å². The molecule has 4 nitrogen and oxygen atoms in total. The fourth-order valence-corrected chi connectivity index (χ4v) is 2.61. The van der Waals surface area contributed by atoms with Gasteiger partial charge in [-0.15, -0.1) is 0 Å². The van der Waals surface area contributed by atoms with Crippen molar-refractivity contribution in [1.29, 1.82) is 0 Å². The molecular formula is C15H26N4. The standard InChI is InChI=1S/C15H26N4/c1-13-6-4-9-19(12-13)15-16-10-14(11-17-15)7-5-8-18(2)3/h10-11,13H,4-9,12H2,1-3H3. The van der Waals surface area contributed by atoms with Crippen LogP contribution in [0.3, 0.4) is 0 Å². The molecule has 1 aliphatic heterocycles. The Balaban J connectivity index is 1.87. The molecule has 1 saturated heterocycles. The zero-order chi connectivity index (χ0) is 13.7. The smallest absolute Gasteiger partial charge is 0.225 e. The van der Waals surface area contributed by atoms with Crippen LogP contribution in [0.4, 0.5) is 5.95 Å². The zero-order valence-corrected chi connectivity index (χ0v) is 12.5. The van der Waals surface area contributed by atoms with Gasteiger partial charge in [-0.3, -0.25) is 0 Å². The Labute approximate surface area is 116 Å². The summed E-state index contributed by atoms with van der Waals surface area (Å²) in [6.07, 6.45) is 8.81. The average Bonchev–Trinajstić information content (AvgIpc) is 2.39. The van der Waals surface area contributed by atoms with Crippen LogP contribution < -0.4 is 4.90 Å². The minimum Gasteiger partial charge on any atom is -0.341 e. The molecule has 0 N–H and O–H groups in total. The number of aromatic nitrogens is 2. The van der Waals surface area contributed by atoms with Crippen molar-refractivity contribution in [3.8, 4) is 0 Å². The van der Waals surface area contributed by atoms with Crippen LogP contribution in [0.15, 0.2) is 12.4 Å². The SMILES string of the molecule is CC1CCCN(c2ncc(CCCN(C)C)cn2)C1. The summed E-state index contributed by atoms with van der Waals surface area (Å²) in [6, 6.07) is 0. The normalized spacial score (nSPS) is 20.0. The summed E-state index contributed by atoms with van der Waals surface area (Å²) in [5.74, 6) is 1.67. The van der Waals surface area contributed by atoms with E-state index in [2.05, 4.69) is 40.8 Å². The highest BCUT2D eigenvalue weighted by atomic mass is 15.2. The number of nitrogens with zero attached hydrogens (tertiary/aromatic N) is 4. The highest BCUT2D eigenvalue weighted by Gasteiger charge is 2.18. The van der Waals surface area contributed by atoms with Crippen molar-refractivity contribution in [2.24, 2.45) is 5.92 Å². The summed E-state index contributed by atoms with van der Waals surface area (Å²) >= 11 is 0. The second-order valence-corrected chi connectivity index (χ2v) is 5.99. The van der Waals surface area contributed by atoms with Gasteiger partial charge in [-0.2, -0.15) is 0 Å². The van der Waals surface area contributed by atoms with Crippen molar-refractivity contribution in [3.63, 3.8) is 0 Å². The molecular weight excluding hydrogens is 236 g/mol. The molecule has 106 valence electrons. The van der Waals surface area contributed by atoms with Crippen molar-refractivity contribution in [2.75, 3.05) is 38.6 Å². The van der Waals surface area contributed by atoms with Gasteiger partial charge in [0.15, 0.2) is 0 Å². The van der Waals surface area contributed by atoms with Gasteiger partial charge in [0.1, 0.15) is 0 Å². The van der Waals surface area contributed by atoms with E-state index < -0.39 is 0 Å². The number of hydrogen-bond acceptors (Lipinski definition) is 4. The highest BCUT2D eigenvalue weighted by molar-refractivity contribution is 5.30. The van der Waals surface area contributed by atoms with E-state index in [-0.39, 0.29) is 0 Å². The summed E-state index contributed by atoms with van der Waals surface area (Å²) in [6.45, 7) is 5.62. The van der Waals surface area contributed by atoms with Crippen molar-refractivity contribution in [1.82, 2.24) is 14.9 Å². The average molecular weight is 262 g/mol. The largest absolute Gasteiger partial charge is 0.341 e. The second kappa shape index (κ2) is 6.85. The first-order valence-corrected chi connectivity index (χ1v) is 7.36. The number of aryl methyl sites for hydroxylation is 1. The maximum atomic E-state index is 4.54. The molecule has 0 spiro atoms. The van der Waals surface area contributed by atoms with Crippen LogP contribution in [-0.2, 0) is 6.42 Å². The van der Waals surface area contributed by atoms with E-state index in [1.807, 2.05) is 12.4 Å². The van der Waals surface area contributed by atoms with Crippen LogP contribution in [0.25, 0.3) is 0 Å². The molecule has 0 aromatic carbocycles. The molecule has 4 heteroatoms. The molecule has 19 heavy (non-hydrogen) atoms. The maximum absolute atomic E-state index is 4.54. The highest BCUT2D eigenvalue weighted by Crippen LogP contribution is 2.19. The minimum absolute atomic E-state index is 0.761. The third-order valence-corrected chi connectivity index (χ3v) is 3.70. The fourth-order valence-electron chi connectivity index (χ4n) is 2.61. The van der Waals surface area contributed by atoms with Crippen molar-refractivity contribution in [3.05, 3.63) is 18.0 Å². The second-order valence-electron chi connectivity index (χ2n) is 5.99. The van der Waals surface area contributed by atoms with Crippen LogP contribution in [0.1, 0.15) is 31.7 Å². The fraction of sp³-hybridized carbons (Fsp3) is 0.733. The van der Waals surface area contributed by atoms with E-state index in [1.54, 1.807) is 0 Å². The van der Waals surface area contributed by atoms with E-state index >= 15 is 0 Å². The maximum Gasteiger partial charge on any atom is 0.225 e. The van der Waals surface area contributed by atoms with E-state index in [4.69, 9.17) is 0 Å². The van der Waals surface area contributed by atoms with Crippen molar-refractivity contribution in [2.45, 2.75) is 32.6 Å². The number of hydrogen-bond donors (Lipinski definition) is 0. The first-order chi connectivity index (χ1) is 9.15. The summed E-state index contributed by atoms with van der Waals surface area (Å²) in [4.78, 5) is 13.6. The van der Waals surface area contributed by atoms with Gasteiger partial charge in [-0.25, -0.2) is 9.97 Å². The van der Waals surface area contributed by atoms with Gasteiger partial charge in [0, 0.05) is 25.5 Å². The quantitative estimate of drug-likeness (QED) is 0.814. The molecule has 1 unspecified atom stereocenters. The molecule has 1 aliphatic rings.